The van der Waals surface area contributed by atoms with E-state index < -0.39 is 0 Å². The number of rotatable bonds is 4. The van der Waals surface area contributed by atoms with Crippen LogP contribution in [0.5, 0.6) is 0 Å². The number of nitrogens with one attached hydrogen (secondary N) is 1. The highest BCUT2D eigenvalue weighted by Crippen LogP contribution is 2.29. The van der Waals surface area contributed by atoms with E-state index in [0.717, 1.165) is 25.7 Å². The van der Waals surface area contributed by atoms with Gasteiger partial charge in [-0.3, -0.25) is 4.79 Å². The maximum absolute atomic E-state index is 14.0. The Morgan fingerprint density at radius 2 is 1.70 bits per heavy atom. The number of aromatic nitrogens is 1. The summed E-state index contributed by atoms with van der Waals surface area (Å²) in [5.41, 5.74) is 1.47. The van der Waals surface area contributed by atoms with Gasteiger partial charge in [0.25, 0.3) is 5.91 Å². The van der Waals surface area contributed by atoms with Crippen molar-refractivity contribution in [2.45, 2.75) is 38.1 Å². The molecule has 2 aromatic carbocycles. The summed E-state index contributed by atoms with van der Waals surface area (Å²) in [6.45, 7) is 0. The largest absolute Gasteiger partial charge is 0.436 e. The second-order valence-corrected chi connectivity index (χ2v) is 6.86. The van der Waals surface area contributed by atoms with Crippen molar-refractivity contribution in [2.24, 2.45) is 0 Å². The molecule has 0 aliphatic heterocycles. The molecule has 5 heteroatoms. The fourth-order valence-electron chi connectivity index (χ4n) is 3.56. The van der Waals surface area contributed by atoms with E-state index in [1.54, 1.807) is 30.3 Å². The number of nitrogens with zero attached hydrogens (tertiary/aromatic N) is 1. The van der Waals surface area contributed by atoms with E-state index in [-0.39, 0.29) is 17.8 Å². The lowest BCUT2D eigenvalue weighted by Crippen LogP contribution is -2.36. The molecule has 1 fully saturated rings. The van der Waals surface area contributed by atoms with Crippen LogP contribution in [0.25, 0.3) is 22.8 Å². The topological polar surface area (TPSA) is 55.1 Å². The standard InChI is InChI=1S/C22H21FN2O2/c23-19-13-7-6-12-18(19)20-14-24-22(27-20)17-11-5-4-10-16(17)21(26)25-15-8-2-1-3-9-15/h4-7,10-15H,1-3,8-9H2,(H,25,26). The SMILES string of the molecule is O=C(NC1CCCCC1)c1ccccc1-c1ncc(-c2ccccc2F)o1. The molecule has 4 nitrogen and oxygen atoms in total. The summed E-state index contributed by atoms with van der Waals surface area (Å²) < 4.78 is 19.8. The second kappa shape index (κ2) is 7.74. The van der Waals surface area contributed by atoms with Crippen LogP contribution < -0.4 is 5.32 Å². The predicted molar refractivity (Wildman–Crippen MR) is 102 cm³/mol. The Morgan fingerprint density at radius 3 is 2.48 bits per heavy atom. The molecule has 27 heavy (non-hydrogen) atoms. The van der Waals surface area contributed by atoms with Crippen molar-refractivity contribution in [1.82, 2.24) is 10.3 Å². The summed E-state index contributed by atoms with van der Waals surface area (Å²) in [7, 11) is 0. The number of hydrogen-bond donors (Lipinski definition) is 1. The molecular formula is C22H21FN2O2. The zero-order valence-corrected chi connectivity index (χ0v) is 15.0. The molecule has 0 bridgehead atoms. The van der Waals surface area contributed by atoms with E-state index in [1.807, 2.05) is 12.1 Å². The van der Waals surface area contributed by atoms with Crippen molar-refractivity contribution in [3.63, 3.8) is 0 Å². The molecule has 1 amide bonds. The molecule has 0 radical (unpaired) electrons. The highest BCUT2D eigenvalue weighted by Gasteiger charge is 2.21. The number of carbonyl (C=O) groups excluding carboxylic acids is 1. The molecule has 138 valence electrons. The van der Waals surface area contributed by atoms with Crippen LogP contribution in [-0.4, -0.2) is 16.9 Å². The number of hydrogen-bond acceptors (Lipinski definition) is 3. The maximum Gasteiger partial charge on any atom is 0.252 e. The van der Waals surface area contributed by atoms with Gasteiger partial charge in [0.15, 0.2) is 5.76 Å². The number of benzene rings is 2. The summed E-state index contributed by atoms with van der Waals surface area (Å²) in [6.07, 6.45) is 7.06. The molecular weight excluding hydrogens is 343 g/mol. The molecule has 0 spiro atoms. The average molecular weight is 364 g/mol. The van der Waals surface area contributed by atoms with Gasteiger partial charge in [0.2, 0.25) is 5.89 Å². The predicted octanol–water partition coefficient (Wildman–Crippen LogP) is 5.21. The normalized spacial score (nSPS) is 14.9. The van der Waals surface area contributed by atoms with Crippen LogP contribution in [0.15, 0.2) is 59.1 Å². The highest BCUT2D eigenvalue weighted by molar-refractivity contribution is 6.00. The van der Waals surface area contributed by atoms with Gasteiger partial charge >= 0.3 is 0 Å². The minimum absolute atomic E-state index is 0.122. The molecule has 1 aliphatic rings. The first-order chi connectivity index (χ1) is 13.2. The number of carbonyl (C=O) groups is 1. The van der Waals surface area contributed by atoms with Gasteiger partial charge in [-0.15, -0.1) is 0 Å². The van der Waals surface area contributed by atoms with E-state index in [9.17, 15) is 9.18 Å². The monoisotopic (exact) mass is 364 g/mol. The second-order valence-electron chi connectivity index (χ2n) is 6.86. The first-order valence-corrected chi connectivity index (χ1v) is 9.33. The molecule has 3 aromatic rings. The fraction of sp³-hybridized carbons (Fsp3) is 0.273. The Labute approximate surface area is 157 Å². The zero-order valence-electron chi connectivity index (χ0n) is 15.0. The van der Waals surface area contributed by atoms with Crippen LogP contribution in [0.2, 0.25) is 0 Å². The van der Waals surface area contributed by atoms with Crippen LogP contribution in [-0.2, 0) is 0 Å². The van der Waals surface area contributed by atoms with Crippen LogP contribution in [0.3, 0.4) is 0 Å². The van der Waals surface area contributed by atoms with Crippen LogP contribution in [0, 0.1) is 5.82 Å². The third-order valence-electron chi connectivity index (χ3n) is 4.99. The average Bonchev–Trinajstić information content (AvgIpc) is 3.19. The lowest BCUT2D eigenvalue weighted by Gasteiger charge is -2.23. The Hall–Kier alpha value is -2.95. The van der Waals surface area contributed by atoms with Crippen LogP contribution in [0.1, 0.15) is 42.5 Å². The minimum atomic E-state index is -0.372. The lowest BCUT2D eigenvalue weighted by atomic mass is 9.95. The summed E-state index contributed by atoms with van der Waals surface area (Å²) in [5, 5.41) is 3.12. The first-order valence-electron chi connectivity index (χ1n) is 9.33. The molecule has 1 saturated carbocycles. The highest BCUT2D eigenvalue weighted by atomic mass is 19.1. The molecule has 0 atom stereocenters. The van der Waals surface area contributed by atoms with Crippen LogP contribution >= 0.6 is 0 Å². The number of halogens is 1. The van der Waals surface area contributed by atoms with E-state index in [0.29, 0.717) is 28.3 Å². The zero-order chi connectivity index (χ0) is 18.6. The molecule has 0 saturated heterocycles. The van der Waals surface area contributed by atoms with Gasteiger partial charge in [-0.25, -0.2) is 9.37 Å². The Kier molecular flexibility index (Phi) is 5.01. The Balaban J connectivity index is 1.61. The van der Waals surface area contributed by atoms with E-state index in [4.69, 9.17) is 4.42 Å². The Bertz CT molecular complexity index is 945. The van der Waals surface area contributed by atoms with Gasteiger partial charge in [-0.05, 0) is 37.1 Å². The molecule has 0 unspecified atom stereocenters. The molecule has 1 N–H and O–H groups in total. The summed E-state index contributed by atoms with van der Waals surface area (Å²) >= 11 is 0. The summed E-state index contributed by atoms with van der Waals surface area (Å²) in [5.74, 6) is 0.153. The van der Waals surface area contributed by atoms with Gasteiger partial charge < -0.3 is 9.73 Å². The molecule has 1 heterocycles. The smallest absolute Gasteiger partial charge is 0.252 e. The third-order valence-corrected chi connectivity index (χ3v) is 4.99. The number of oxazole rings is 1. The summed E-state index contributed by atoms with van der Waals surface area (Å²) in [4.78, 5) is 17.1. The quantitative estimate of drug-likeness (QED) is 0.691. The molecule has 4 rings (SSSR count). The van der Waals surface area contributed by atoms with Crippen molar-refractivity contribution in [3.8, 4) is 22.8 Å². The number of amides is 1. The van der Waals surface area contributed by atoms with Gasteiger partial charge in [-0.1, -0.05) is 43.5 Å². The molecule has 1 aliphatic carbocycles. The fourth-order valence-corrected chi connectivity index (χ4v) is 3.56. The van der Waals surface area contributed by atoms with Crippen LogP contribution in [0.4, 0.5) is 4.39 Å². The first kappa shape index (κ1) is 17.5. The van der Waals surface area contributed by atoms with Crippen molar-refractivity contribution in [3.05, 3.63) is 66.1 Å². The summed E-state index contributed by atoms with van der Waals surface area (Å²) in [6, 6.07) is 13.8. The van der Waals surface area contributed by atoms with E-state index in [2.05, 4.69) is 10.3 Å². The van der Waals surface area contributed by atoms with E-state index in [1.165, 1.54) is 18.7 Å². The van der Waals surface area contributed by atoms with Gasteiger partial charge in [0.05, 0.1) is 17.3 Å². The Morgan fingerprint density at radius 1 is 1.00 bits per heavy atom. The van der Waals surface area contributed by atoms with Crippen molar-refractivity contribution >= 4 is 5.91 Å². The van der Waals surface area contributed by atoms with Gasteiger partial charge in [0.1, 0.15) is 5.82 Å². The lowest BCUT2D eigenvalue weighted by molar-refractivity contribution is 0.0928. The van der Waals surface area contributed by atoms with Gasteiger partial charge in [0, 0.05) is 11.6 Å². The van der Waals surface area contributed by atoms with Crippen molar-refractivity contribution in [2.75, 3.05) is 0 Å². The van der Waals surface area contributed by atoms with E-state index >= 15 is 0 Å². The molecule has 1 aromatic heterocycles. The minimum Gasteiger partial charge on any atom is -0.436 e. The van der Waals surface area contributed by atoms with Gasteiger partial charge in [-0.2, -0.15) is 0 Å². The third kappa shape index (κ3) is 3.77. The van der Waals surface area contributed by atoms with Crippen molar-refractivity contribution < 1.29 is 13.6 Å². The maximum atomic E-state index is 14.0. The van der Waals surface area contributed by atoms with Crippen molar-refractivity contribution in [1.29, 1.82) is 0 Å².